The van der Waals surface area contributed by atoms with Gasteiger partial charge in [0.25, 0.3) is 6.43 Å². The fourth-order valence-electron chi connectivity index (χ4n) is 1.28. The van der Waals surface area contributed by atoms with Gasteiger partial charge in [0.1, 0.15) is 3.70 Å². The van der Waals surface area contributed by atoms with Gasteiger partial charge in [-0.15, -0.1) is 0 Å². The van der Waals surface area contributed by atoms with Crippen LogP contribution in [0.5, 0.6) is 5.75 Å². The molecule has 0 aliphatic rings. The lowest BCUT2D eigenvalue weighted by Gasteiger charge is -2.10. The molecule has 0 unspecified atom stereocenters. The number of hydrogen-bond acceptors (Lipinski definition) is 4. The number of nitrogens with zero attached hydrogens (tertiary/aromatic N) is 1. The highest BCUT2D eigenvalue weighted by Crippen LogP contribution is 2.34. The van der Waals surface area contributed by atoms with Gasteiger partial charge < -0.3 is 9.84 Å². The van der Waals surface area contributed by atoms with E-state index in [1.165, 1.54) is 0 Å². The number of carbonyl (C=O) groups is 1. The number of esters is 1. The Kier molecular flexibility index (Phi) is 5.03. The first-order chi connectivity index (χ1) is 7.97. The van der Waals surface area contributed by atoms with Crippen molar-refractivity contribution in [3.05, 3.63) is 21.0 Å². The summed E-state index contributed by atoms with van der Waals surface area (Å²) < 4.78 is 30.3. The van der Waals surface area contributed by atoms with Crippen molar-refractivity contribution in [2.24, 2.45) is 0 Å². The normalized spacial score (nSPS) is 10.6. The minimum absolute atomic E-state index is 0.0173. The molecule has 7 heteroatoms. The highest BCUT2D eigenvalue weighted by Gasteiger charge is 2.22. The summed E-state index contributed by atoms with van der Waals surface area (Å²) in [7, 11) is 0. The summed E-state index contributed by atoms with van der Waals surface area (Å²) in [5.74, 6) is -1.21. The van der Waals surface area contributed by atoms with Gasteiger partial charge in [-0.2, -0.15) is 0 Å². The zero-order valence-corrected chi connectivity index (χ0v) is 11.1. The summed E-state index contributed by atoms with van der Waals surface area (Å²) in [5.41, 5.74) is -0.575. The van der Waals surface area contributed by atoms with Crippen LogP contribution >= 0.6 is 22.6 Å². The molecule has 1 heterocycles. The van der Waals surface area contributed by atoms with E-state index in [2.05, 4.69) is 9.72 Å². The Morgan fingerprint density at radius 2 is 2.29 bits per heavy atom. The molecule has 0 aromatic carbocycles. The SMILES string of the molecule is CCOC(=O)Cc1cnc(I)c(O)c1C(F)F. The zero-order valence-electron chi connectivity index (χ0n) is 8.91. The van der Waals surface area contributed by atoms with Crippen molar-refractivity contribution in [1.29, 1.82) is 0 Å². The largest absolute Gasteiger partial charge is 0.505 e. The number of alkyl halides is 2. The van der Waals surface area contributed by atoms with Crippen LogP contribution in [0.2, 0.25) is 0 Å². The van der Waals surface area contributed by atoms with E-state index in [1.54, 1.807) is 29.5 Å². The molecule has 4 nitrogen and oxygen atoms in total. The van der Waals surface area contributed by atoms with E-state index >= 15 is 0 Å². The van der Waals surface area contributed by atoms with Crippen LogP contribution in [0.3, 0.4) is 0 Å². The number of rotatable bonds is 4. The first kappa shape index (κ1) is 14.1. The quantitative estimate of drug-likeness (QED) is 0.511. The van der Waals surface area contributed by atoms with Gasteiger partial charge in [-0.1, -0.05) is 0 Å². The van der Waals surface area contributed by atoms with Crippen molar-refractivity contribution in [1.82, 2.24) is 4.98 Å². The van der Waals surface area contributed by atoms with E-state index < -0.39 is 23.7 Å². The Bertz CT molecular complexity index is 426. The lowest BCUT2D eigenvalue weighted by Crippen LogP contribution is -2.10. The number of halogens is 3. The van der Waals surface area contributed by atoms with E-state index in [-0.39, 0.29) is 22.3 Å². The first-order valence-electron chi connectivity index (χ1n) is 4.77. The molecule has 0 aliphatic carbocycles. The Hall–Kier alpha value is -0.990. The number of aromatic hydroxyl groups is 1. The second-order valence-electron chi connectivity index (χ2n) is 3.12. The van der Waals surface area contributed by atoms with Crippen LogP contribution < -0.4 is 0 Å². The van der Waals surface area contributed by atoms with Gasteiger partial charge in [-0.25, -0.2) is 13.8 Å². The summed E-state index contributed by atoms with van der Waals surface area (Å²) in [5, 5.41) is 9.49. The smallest absolute Gasteiger partial charge is 0.310 e. The Balaban J connectivity index is 3.07. The van der Waals surface area contributed by atoms with Crippen molar-refractivity contribution in [3.8, 4) is 5.75 Å². The average Bonchev–Trinajstić information content (AvgIpc) is 2.23. The third kappa shape index (κ3) is 3.48. The van der Waals surface area contributed by atoms with Gasteiger partial charge >= 0.3 is 5.97 Å². The van der Waals surface area contributed by atoms with Gasteiger partial charge in [-0.3, -0.25) is 4.79 Å². The van der Waals surface area contributed by atoms with Gasteiger partial charge in [0.05, 0.1) is 18.6 Å². The lowest BCUT2D eigenvalue weighted by molar-refractivity contribution is -0.142. The summed E-state index contributed by atoms with van der Waals surface area (Å²) >= 11 is 1.64. The van der Waals surface area contributed by atoms with E-state index in [0.717, 1.165) is 6.20 Å². The van der Waals surface area contributed by atoms with Crippen LogP contribution in [0.1, 0.15) is 24.5 Å². The van der Waals surface area contributed by atoms with Crippen molar-refractivity contribution in [2.45, 2.75) is 19.8 Å². The molecule has 1 N–H and O–H groups in total. The maximum Gasteiger partial charge on any atom is 0.310 e. The molecule has 94 valence electrons. The molecule has 0 spiro atoms. The van der Waals surface area contributed by atoms with Crippen molar-refractivity contribution >= 4 is 28.6 Å². The standard InChI is InChI=1S/C10H10F2INO3/c1-2-17-6(15)3-5-4-14-10(13)8(16)7(5)9(11)12/h4,9,16H,2-3H2,1H3. The summed E-state index contributed by atoms with van der Waals surface area (Å²) in [6.07, 6.45) is -2.04. The van der Waals surface area contributed by atoms with Crippen molar-refractivity contribution in [3.63, 3.8) is 0 Å². The fraction of sp³-hybridized carbons (Fsp3) is 0.400. The second-order valence-corrected chi connectivity index (χ2v) is 4.14. The molecule has 1 rings (SSSR count). The number of aromatic nitrogens is 1. The van der Waals surface area contributed by atoms with E-state index in [0.29, 0.717) is 0 Å². The average molecular weight is 357 g/mol. The predicted molar refractivity (Wildman–Crippen MR) is 63.9 cm³/mol. The van der Waals surface area contributed by atoms with Gasteiger partial charge in [0.15, 0.2) is 5.75 Å². The first-order valence-corrected chi connectivity index (χ1v) is 5.85. The van der Waals surface area contributed by atoms with Crippen LogP contribution in [0.15, 0.2) is 6.20 Å². The van der Waals surface area contributed by atoms with Gasteiger partial charge in [0, 0.05) is 6.20 Å². The summed E-state index contributed by atoms with van der Waals surface area (Å²) in [6.45, 7) is 1.79. The summed E-state index contributed by atoms with van der Waals surface area (Å²) in [6, 6.07) is 0. The molecule has 0 radical (unpaired) electrons. The molecular formula is C10H10F2INO3. The van der Waals surface area contributed by atoms with Crippen LogP contribution in [0.25, 0.3) is 0 Å². The monoisotopic (exact) mass is 357 g/mol. The molecule has 0 amide bonds. The molecule has 0 fully saturated rings. The minimum atomic E-state index is -2.86. The zero-order chi connectivity index (χ0) is 13.0. The highest BCUT2D eigenvalue weighted by molar-refractivity contribution is 14.1. The highest BCUT2D eigenvalue weighted by atomic mass is 127. The van der Waals surface area contributed by atoms with Crippen molar-refractivity contribution in [2.75, 3.05) is 6.61 Å². The number of pyridine rings is 1. The van der Waals surface area contributed by atoms with Crippen LogP contribution in [0.4, 0.5) is 8.78 Å². The third-order valence-corrected chi connectivity index (χ3v) is 2.78. The molecule has 0 saturated heterocycles. The predicted octanol–water partition coefficient (Wildman–Crippen LogP) is 2.44. The van der Waals surface area contributed by atoms with Crippen molar-refractivity contribution < 1.29 is 23.4 Å². The molecule has 1 aromatic heterocycles. The molecular weight excluding hydrogens is 347 g/mol. The van der Waals surface area contributed by atoms with Crippen LogP contribution in [-0.2, 0) is 16.0 Å². The Morgan fingerprint density at radius 1 is 1.65 bits per heavy atom. The van der Waals surface area contributed by atoms with Gasteiger partial charge in [0.2, 0.25) is 0 Å². The Morgan fingerprint density at radius 3 is 2.82 bits per heavy atom. The van der Waals surface area contributed by atoms with E-state index in [9.17, 15) is 18.7 Å². The van der Waals surface area contributed by atoms with Crippen LogP contribution in [0, 0.1) is 3.70 Å². The maximum absolute atomic E-state index is 12.8. The van der Waals surface area contributed by atoms with Crippen LogP contribution in [-0.4, -0.2) is 22.7 Å². The minimum Gasteiger partial charge on any atom is -0.505 e. The number of ether oxygens (including phenoxy) is 1. The summed E-state index contributed by atoms with van der Waals surface area (Å²) in [4.78, 5) is 14.9. The topological polar surface area (TPSA) is 59.4 Å². The molecule has 0 saturated carbocycles. The van der Waals surface area contributed by atoms with E-state index in [4.69, 9.17) is 0 Å². The molecule has 1 aromatic rings. The molecule has 0 atom stereocenters. The maximum atomic E-state index is 12.8. The fourth-order valence-corrected chi connectivity index (χ4v) is 1.71. The van der Waals surface area contributed by atoms with E-state index in [1.807, 2.05) is 0 Å². The molecule has 0 aliphatic heterocycles. The van der Waals surface area contributed by atoms with Gasteiger partial charge in [-0.05, 0) is 35.1 Å². The number of hydrogen-bond donors (Lipinski definition) is 1. The molecule has 0 bridgehead atoms. The lowest BCUT2D eigenvalue weighted by atomic mass is 10.1. The second kappa shape index (κ2) is 6.08. The third-order valence-electron chi connectivity index (χ3n) is 1.99. The number of carbonyl (C=O) groups excluding carboxylic acids is 1. The Labute approximate surface area is 110 Å². The molecule has 17 heavy (non-hydrogen) atoms.